The first-order chi connectivity index (χ1) is 10.3. The van der Waals surface area contributed by atoms with Gasteiger partial charge in [0.25, 0.3) is 0 Å². The average molecular weight is 285 g/mol. The molecule has 0 amide bonds. The van der Waals surface area contributed by atoms with E-state index >= 15 is 0 Å². The first-order valence-electron chi connectivity index (χ1n) is 7.43. The van der Waals surface area contributed by atoms with Crippen molar-refractivity contribution in [2.45, 2.75) is 25.8 Å². The van der Waals surface area contributed by atoms with Crippen LogP contribution in [0.25, 0.3) is 0 Å². The highest BCUT2D eigenvalue weighted by Gasteiger charge is 2.02. The molecule has 0 spiro atoms. The van der Waals surface area contributed by atoms with Gasteiger partial charge in [0, 0.05) is 6.04 Å². The largest absolute Gasteiger partial charge is 0.490 e. The molecule has 2 rings (SSSR count). The molecule has 1 unspecified atom stereocenters. The van der Waals surface area contributed by atoms with Crippen LogP contribution in [0.2, 0.25) is 0 Å². The lowest BCUT2D eigenvalue weighted by Crippen LogP contribution is -2.21. The Morgan fingerprint density at radius 2 is 1.43 bits per heavy atom. The highest BCUT2D eigenvalue weighted by molar-refractivity contribution is 5.27. The van der Waals surface area contributed by atoms with Crippen LogP contribution in [0, 0.1) is 0 Å². The molecule has 0 fully saturated rings. The minimum atomic E-state index is 0.232. The summed E-state index contributed by atoms with van der Waals surface area (Å²) >= 11 is 0. The maximum atomic E-state index is 5.95. The Bertz CT molecular complexity index is 511. The molecule has 2 aromatic carbocycles. The molecular formula is C18H23NO2. The van der Waals surface area contributed by atoms with E-state index in [1.165, 1.54) is 5.56 Å². The summed E-state index contributed by atoms with van der Waals surface area (Å²) in [7, 11) is 0. The predicted octanol–water partition coefficient (Wildman–Crippen LogP) is 3.42. The van der Waals surface area contributed by atoms with E-state index < -0.39 is 0 Å². The summed E-state index contributed by atoms with van der Waals surface area (Å²) in [4.78, 5) is 0. The monoisotopic (exact) mass is 285 g/mol. The fraction of sp³-hybridized carbons (Fsp3) is 0.333. The molecule has 21 heavy (non-hydrogen) atoms. The van der Waals surface area contributed by atoms with Gasteiger partial charge in [0.1, 0.15) is 24.7 Å². The fourth-order valence-corrected chi connectivity index (χ4v) is 2.00. The van der Waals surface area contributed by atoms with Gasteiger partial charge >= 0.3 is 0 Å². The van der Waals surface area contributed by atoms with E-state index in [4.69, 9.17) is 15.2 Å². The van der Waals surface area contributed by atoms with Crippen molar-refractivity contribution in [1.82, 2.24) is 0 Å². The van der Waals surface area contributed by atoms with Crippen LogP contribution in [0.5, 0.6) is 11.5 Å². The molecule has 3 nitrogen and oxygen atoms in total. The summed E-state index contributed by atoms with van der Waals surface area (Å²) in [6, 6.07) is 18.1. The van der Waals surface area contributed by atoms with E-state index in [9.17, 15) is 0 Å². The van der Waals surface area contributed by atoms with Gasteiger partial charge in [-0.05, 0) is 42.7 Å². The first-order valence-corrected chi connectivity index (χ1v) is 7.43. The molecule has 0 aliphatic carbocycles. The smallest absolute Gasteiger partial charge is 0.122 e. The zero-order valence-electron chi connectivity index (χ0n) is 12.5. The maximum Gasteiger partial charge on any atom is 0.122 e. The molecule has 3 heteroatoms. The van der Waals surface area contributed by atoms with Crippen molar-refractivity contribution < 1.29 is 9.47 Å². The number of nitrogens with two attached hydrogens (primary N) is 1. The highest BCUT2D eigenvalue weighted by atomic mass is 16.5. The molecular weight excluding hydrogens is 262 g/mol. The Labute approximate surface area is 126 Å². The lowest BCUT2D eigenvalue weighted by Gasteiger charge is -2.10. The van der Waals surface area contributed by atoms with Crippen LogP contribution in [-0.2, 0) is 6.42 Å². The number of para-hydroxylation sites is 1. The lowest BCUT2D eigenvalue weighted by atomic mass is 10.0. The van der Waals surface area contributed by atoms with Crippen LogP contribution in [0.4, 0.5) is 0 Å². The van der Waals surface area contributed by atoms with E-state index in [1.54, 1.807) is 0 Å². The standard InChI is InChI=1S/C18H23NO2/c1-2-16(19)14-15-8-10-18(11-9-15)21-13-12-20-17-6-4-3-5-7-17/h3-11,16H,2,12-14,19H2,1H3. The van der Waals surface area contributed by atoms with Gasteiger partial charge in [0.2, 0.25) is 0 Å². The van der Waals surface area contributed by atoms with E-state index in [2.05, 4.69) is 19.1 Å². The fourth-order valence-electron chi connectivity index (χ4n) is 2.00. The quantitative estimate of drug-likeness (QED) is 0.756. The van der Waals surface area contributed by atoms with E-state index in [0.717, 1.165) is 24.3 Å². The van der Waals surface area contributed by atoms with Crippen molar-refractivity contribution in [3.8, 4) is 11.5 Å². The SMILES string of the molecule is CCC(N)Cc1ccc(OCCOc2ccccc2)cc1. The molecule has 0 bridgehead atoms. The molecule has 0 saturated heterocycles. The van der Waals surface area contributed by atoms with Crippen LogP contribution >= 0.6 is 0 Å². The molecule has 0 saturated carbocycles. The Morgan fingerprint density at radius 1 is 0.857 bits per heavy atom. The molecule has 2 N–H and O–H groups in total. The summed E-state index contributed by atoms with van der Waals surface area (Å²) in [5.41, 5.74) is 7.20. The number of ether oxygens (including phenoxy) is 2. The zero-order chi connectivity index (χ0) is 14.9. The number of rotatable bonds is 8. The van der Waals surface area contributed by atoms with Crippen molar-refractivity contribution >= 4 is 0 Å². The summed E-state index contributed by atoms with van der Waals surface area (Å²) in [6.07, 6.45) is 1.91. The van der Waals surface area contributed by atoms with Crippen LogP contribution < -0.4 is 15.2 Å². The Balaban J connectivity index is 1.71. The molecule has 0 aromatic heterocycles. The van der Waals surface area contributed by atoms with Gasteiger partial charge in [-0.25, -0.2) is 0 Å². The minimum Gasteiger partial charge on any atom is -0.490 e. The normalized spacial score (nSPS) is 11.9. The molecule has 0 aliphatic rings. The molecule has 0 heterocycles. The Hall–Kier alpha value is -2.00. The molecule has 1 atom stereocenters. The third-order valence-corrected chi connectivity index (χ3v) is 3.31. The van der Waals surface area contributed by atoms with E-state index in [0.29, 0.717) is 13.2 Å². The van der Waals surface area contributed by atoms with Crippen LogP contribution in [0.3, 0.4) is 0 Å². The van der Waals surface area contributed by atoms with Crippen molar-refractivity contribution in [1.29, 1.82) is 0 Å². The molecule has 0 radical (unpaired) electrons. The van der Waals surface area contributed by atoms with Crippen molar-refractivity contribution in [2.24, 2.45) is 5.73 Å². The van der Waals surface area contributed by atoms with Crippen LogP contribution in [0.1, 0.15) is 18.9 Å². The number of hydrogen-bond acceptors (Lipinski definition) is 3. The topological polar surface area (TPSA) is 44.5 Å². The van der Waals surface area contributed by atoms with Gasteiger partial charge in [-0.2, -0.15) is 0 Å². The summed E-state index contributed by atoms with van der Waals surface area (Å²) in [5.74, 6) is 1.73. The van der Waals surface area contributed by atoms with Crippen LogP contribution in [-0.4, -0.2) is 19.3 Å². The number of hydrogen-bond donors (Lipinski definition) is 1. The maximum absolute atomic E-state index is 5.95. The third kappa shape index (κ3) is 5.48. The Kier molecular flexibility index (Phi) is 6.10. The van der Waals surface area contributed by atoms with Crippen molar-refractivity contribution in [2.75, 3.05) is 13.2 Å². The van der Waals surface area contributed by atoms with Gasteiger partial charge in [0.15, 0.2) is 0 Å². The lowest BCUT2D eigenvalue weighted by molar-refractivity contribution is 0.217. The second-order valence-corrected chi connectivity index (χ2v) is 5.03. The van der Waals surface area contributed by atoms with Crippen molar-refractivity contribution in [3.05, 3.63) is 60.2 Å². The van der Waals surface area contributed by atoms with E-state index in [-0.39, 0.29) is 6.04 Å². The summed E-state index contributed by atoms with van der Waals surface area (Å²) in [5, 5.41) is 0. The van der Waals surface area contributed by atoms with Gasteiger partial charge < -0.3 is 15.2 Å². The van der Waals surface area contributed by atoms with Gasteiger partial charge in [-0.1, -0.05) is 37.3 Å². The molecule has 112 valence electrons. The first kappa shape index (κ1) is 15.4. The summed E-state index contributed by atoms with van der Waals surface area (Å²) < 4.78 is 11.2. The third-order valence-electron chi connectivity index (χ3n) is 3.31. The van der Waals surface area contributed by atoms with Crippen molar-refractivity contribution in [3.63, 3.8) is 0 Å². The summed E-state index contributed by atoms with van der Waals surface area (Å²) in [6.45, 7) is 3.17. The molecule has 2 aromatic rings. The van der Waals surface area contributed by atoms with Gasteiger partial charge in [-0.15, -0.1) is 0 Å². The Morgan fingerprint density at radius 3 is 2.00 bits per heavy atom. The second kappa shape index (κ2) is 8.32. The average Bonchev–Trinajstić information content (AvgIpc) is 2.54. The van der Waals surface area contributed by atoms with E-state index in [1.807, 2.05) is 42.5 Å². The second-order valence-electron chi connectivity index (χ2n) is 5.03. The zero-order valence-corrected chi connectivity index (χ0v) is 12.5. The highest BCUT2D eigenvalue weighted by Crippen LogP contribution is 2.14. The van der Waals surface area contributed by atoms with Gasteiger partial charge in [-0.3, -0.25) is 0 Å². The van der Waals surface area contributed by atoms with Gasteiger partial charge in [0.05, 0.1) is 0 Å². The number of benzene rings is 2. The predicted molar refractivity (Wildman–Crippen MR) is 85.8 cm³/mol. The van der Waals surface area contributed by atoms with Crippen LogP contribution in [0.15, 0.2) is 54.6 Å². The molecule has 0 aliphatic heterocycles. The minimum absolute atomic E-state index is 0.232.